The van der Waals surface area contributed by atoms with E-state index < -0.39 is 0 Å². The van der Waals surface area contributed by atoms with E-state index in [1.54, 1.807) is 0 Å². The Morgan fingerprint density at radius 3 is 2.43 bits per heavy atom. The van der Waals surface area contributed by atoms with Crippen LogP contribution in [0.4, 0.5) is 0 Å². The number of nitrogens with one attached hydrogen (secondary N) is 1. The normalized spacial score (nSPS) is 12.0. The summed E-state index contributed by atoms with van der Waals surface area (Å²) in [4.78, 5) is 0. The molecular formula is C19H21NO. The summed E-state index contributed by atoms with van der Waals surface area (Å²) in [5.41, 5.74) is 4.61. The molecule has 2 heteroatoms. The monoisotopic (exact) mass is 279 g/mol. The quantitative estimate of drug-likeness (QED) is 0.730. The van der Waals surface area contributed by atoms with Crippen LogP contribution >= 0.6 is 0 Å². The Morgan fingerprint density at radius 2 is 1.71 bits per heavy atom. The smallest absolute Gasteiger partial charge is 0.142 e. The van der Waals surface area contributed by atoms with Crippen LogP contribution in [0, 0.1) is 0 Å². The lowest BCUT2D eigenvalue weighted by atomic mass is 10.0. The van der Waals surface area contributed by atoms with Crippen LogP contribution in [0.25, 0.3) is 22.1 Å². The van der Waals surface area contributed by atoms with Crippen molar-refractivity contribution in [3.05, 3.63) is 60.4 Å². The van der Waals surface area contributed by atoms with Crippen molar-refractivity contribution in [2.24, 2.45) is 0 Å². The van der Waals surface area contributed by atoms with Crippen LogP contribution in [0.5, 0.6) is 0 Å². The number of hydrogen-bond donors (Lipinski definition) is 1. The van der Waals surface area contributed by atoms with Crippen LogP contribution in [-0.2, 0) is 6.54 Å². The van der Waals surface area contributed by atoms with Gasteiger partial charge in [0.1, 0.15) is 5.58 Å². The molecule has 0 aliphatic rings. The maximum atomic E-state index is 5.86. The van der Waals surface area contributed by atoms with E-state index in [2.05, 4.69) is 68.6 Å². The van der Waals surface area contributed by atoms with E-state index in [4.69, 9.17) is 4.42 Å². The summed E-state index contributed by atoms with van der Waals surface area (Å²) in [7, 11) is 0. The number of benzene rings is 2. The molecule has 0 saturated heterocycles. The molecule has 0 saturated carbocycles. The molecule has 0 aliphatic carbocycles. The number of furan rings is 1. The molecule has 2 nitrogen and oxygen atoms in total. The predicted octanol–water partition coefficient (Wildman–Crippen LogP) is 4.99. The Labute approximate surface area is 125 Å². The molecule has 1 heterocycles. The second kappa shape index (κ2) is 5.38. The average Bonchev–Trinajstić information content (AvgIpc) is 2.88. The first-order valence-electron chi connectivity index (χ1n) is 7.34. The van der Waals surface area contributed by atoms with Gasteiger partial charge in [-0.1, -0.05) is 48.5 Å². The Kier molecular flexibility index (Phi) is 3.56. The van der Waals surface area contributed by atoms with Crippen LogP contribution in [0.2, 0.25) is 0 Å². The molecule has 0 fully saturated rings. The zero-order chi connectivity index (χ0) is 14.9. The van der Waals surface area contributed by atoms with Gasteiger partial charge >= 0.3 is 0 Å². The van der Waals surface area contributed by atoms with Crippen molar-refractivity contribution in [3.63, 3.8) is 0 Å². The molecule has 0 bridgehead atoms. The third kappa shape index (κ3) is 3.01. The average molecular weight is 279 g/mol. The van der Waals surface area contributed by atoms with E-state index >= 15 is 0 Å². The van der Waals surface area contributed by atoms with Crippen molar-refractivity contribution >= 4 is 11.0 Å². The molecule has 0 unspecified atom stereocenters. The van der Waals surface area contributed by atoms with Gasteiger partial charge in [0.25, 0.3) is 0 Å². The van der Waals surface area contributed by atoms with Gasteiger partial charge in [0, 0.05) is 28.6 Å². The zero-order valence-electron chi connectivity index (χ0n) is 12.8. The maximum Gasteiger partial charge on any atom is 0.142 e. The van der Waals surface area contributed by atoms with E-state index in [-0.39, 0.29) is 5.54 Å². The lowest BCUT2D eigenvalue weighted by Gasteiger charge is -2.19. The van der Waals surface area contributed by atoms with Gasteiger partial charge in [0.15, 0.2) is 0 Å². The number of hydrogen-bond acceptors (Lipinski definition) is 2. The third-order valence-electron chi connectivity index (χ3n) is 3.57. The van der Waals surface area contributed by atoms with E-state index in [0.717, 1.165) is 17.7 Å². The molecule has 0 aliphatic heterocycles. The van der Waals surface area contributed by atoms with Crippen LogP contribution < -0.4 is 5.32 Å². The minimum absolute atomic E-state index is 0.0979. The molecular weight excluding hydrogens is 258 g/mol. The molecule has 0 radical (unpaired) electrons. The summed E-state index contributed by atoms with van der Waals surface area (Å²) < 4.78 is 5.86. The van der Waals surface area contributed by atoms with E-state index in [1.165, 1.54) is 16.5 Å². The minimum Gasteiger partial charge on any atom is -0.463 e. The molecule has 1 N–H and O–H groups in total. The molecule has 21 heavy (non-hydrogen) atoms. The lowest BCUT2D eigenvalue weighted by molar-refractivity contribution is 0.423. The summed E-state index contributed by atoms with van der Waals surface area (Å²) >= 11 is 0. The van der Waals surface area contributed by atoms with E-state index in [9.17, 15) is 0 Å². The third-order valence-corrected chi connectivity index (χ3v) is 3.57. The Hall–Kier alpha value is -2.06. The molecule has 0 spiro atoms. The highest BCUT2D eigenvalue weighted by atomic mass is 16.3. The van der Waals surface area contributed by atoms with Crippen LogP contribution in [0.15, 0.2) is 59.2 Å². The predicted molar refractivity (Wildman–Crippen MR) is 88.2 cm³/mol. The van der Waals surface area contributed by atoms with Gasteiger partial charge in [-0.15, -0.1) is 0 Å². The van der Waals surface area contributed by atoms with Crippen LogP contribution in [-0.4, -0.2) is 5.54 Å². The van der Waals surface area contributed by atoms with Gasteiger partial charge in [-0.2, -0.15) is 0 Å². The first-order valence-corrected chi connectivity index (χ1v) is 7.34. The van der Waals surface area contributed by atoms with Crippen molar-refractivity contribution in [2.75, 3.05) is 0 Å². The van der Waals surface area contributed by atoms with Gasteiger partial charge in [0.05, 0.1) is 6.26 Å². The first-order chi connectivity index (χ1) is 10.0. The molecule has 0 atom stereocenters. The van der Waals surface area contributed by atoms with Crippen molar-refractivity contribution < 1.29 is 4.42 Å². The van der Waals surface area contributed by atoms with Gasteiger partial charge in [-0.3, -0.25) is 0 Å². The molecule has 3 rings (SSSR count). The fourth-order valence-corrected chi connectivity index (χ4v) is 2.45. The van der Waals surface area contributed by atoms with Gasteiger partial charge in [-0.05, 0) is 26.3 Å². The minimum atomic E-state index is 0.0979. The zero-order valence-corrected chi connectivity index (χ0v) is 12.8. The largest absolute Gasteiger partial charge is 0.463 e. The van der Waals surface area contributed by atoms with Gasteiger partial charge < -0.3 is 9.73 Å². The second-order valence-electron chi connectivity index (χ2n) is 6.41. The summed E-state index contributed by atoms with van der Waals surface area (Å²) in [5, 5.41) is 4.70. The number of fused-ring (bicyclic) bond motifs is 1. The van der Waals surface area contributed by atoms with E-state index in [0.29, 0.717) is 0 Å². The summed E-state index contributed by atoms with van der Waals surface area (Å²) in [5.74, 6) is 0. The van der Waals surface area contributed by atoms with Crippen LogP contribution in [0.1, 0.15) is 26.3 Å². The topological polar surface area (TPSA) is 25.2 Å². The molecule has 3 aromatic rings. The van der Waals surface area contributed by atoms with Gasteiger partial charge in [-0.25, -0.2) is 0 Å². The second-order valence-corrected chi connectivity index (χ2v) is 6.41. The Morgan fingerprint density at radius 1 is 0.952 bits per heavy atom. The Balaban J connectivity index is 2.01. The lowest BCUT2D eigenvalue weighted by Crippen LogP contribution is -2.34. The fourth-order valence-electron chi connectivity index (χ4n) is 2.45. The standard InChI is InChI=1S/C19H21NO/c1-19(2,3)20-12-15-13-21-18-16(10-7-11-17(15)18)14-8-5-4-6-9-14/h4-11,13,20H,12H2,1-3H3. The Bertz CT molecular complexity index is 735. The van der Waals surface area contributed by atoms with Crippen molar-refractivity contribution in [1.29, 1.82) is 0 Å². The highest BCUT2D eigenvalue weighted by Gasteiger charge is 2.13. The summed E-state index contributed by atoms with van der Waals surface area (Å²) in [6.07, 6.45) is 1.87. The summed E-state index contributed by atoms with van der Waals surface area (Å²) in [6, 6.07) is 16.7. The molecule has 108 valence electrons. The highest BCUT2D eigenvalue weighted by molar-refractivity contribution is 5.94. The molecule has 1 aromatic heterocycles. The van der Waals surface area contributed by atoms with Crippen molar-refractivity contribution in [2.45, 2.75) is 32.9 Å². The van der Waals surface area contributed by atoms with Crippen LogP contribution in [0.3, 0.4) is 0 Å². The van der Waals surface area contributed by atoms with E-state index in [1.807, 2.05) is 12.3 Å². The first kappa shape index (κ1) is 13.9. The van der Waals surface area contributed by atoms with Crippen molar-refractivity contribution in [1.82, 2.24) is 5.32 Å². The number of para-hydroxylation sites is 1. The molecule has 0 amide bonds. The molecule has 2 aromatic carbocycles. The fraction of sp³-hybridized carbons (Fsp3) is 0.263. The van der Waals surface area contributed by atoms with Gasteiger partial charge in [0.2, 0.25) is 0 Å². The maximum absolute atomic E-state index is 5.86. The SMILES string of the molecule is CC(C)(C)NCc1coc2c(-c3ccccc3)cccc12. The highest BCUT2D eigenvalue weighted by Crippen LogP contribution is 2.31. The van der Waals surface area contributed by atoms with Crippen molar-refractivity contribution in [3.8, 4) is 11.1 Å². The number of rotatable bonds is 3. The summed E-state index contributed by atoms with van der Waals surface area (Å²) in [6.45, 7) is 7.33.